The molecule has 1 N–H and O–H groups in total. The summed E-state index contributed by atoms with van der Waals surface area (Å²) in [7, 11) is 0. The van der Waals surface area contributed by atoms with Crippen molar-refractivity contribution in [1.29, 1.82) is 0 Å². The predicted molar refractivity (Wildman–Crippen MR) is 77.3 cm³/mol. The van der Waals surface area contributed by atoms with Crippen LogP contribution in [0.25, 0.3) is 0 Å². The van der Waals surface area contributed by atoms with Crippen LogP contribution in [0.5, 0.6) is 0 Å². The molecule has 2 rings (SSSR count). The molecule has 0 unspecified atom stereocenters. The number of carbonyl (C=O) groups is 2. The summed E-state index contributed by atoms with van der Waals surface area (Å²) in [5, 5.41) is 9.63. The molecule has 0 aliphatic carbocycles. The number of likely N-dealkylation sites (tertiary alicyclic amines) is 1. The van der Waals surface area contributed by atoms with Crippen LogP contribution in [0.3, 0.4) is 0 Å². The van der Waals surface area contributed by atoms with Gasteiger partial charge in [0.1, 0.15) is 0 Å². The van der Waals surface area contributed by atoms with E-state index in [1.165, 1.54) is 0 Å². The van der Waals surface area contributed by atoms with E-state index in [0.717, 1.165) is 0 Å². The number of amides is 1. The molecule has 0 spiro atoms. The number of carboxylic acid groups (broad SMARTS) is 1. The summed E-state index contributed by atoms with van der Waals surface area (Å²) >= 11 is 11.9. The number of hydrogen-bond acceptors (Lipinski definition) is 2. The molecular weight excluding hydrogens is 301 g/mol. The number of nitrogens with zero attached hydrogens (tertiary/aromatic N) is 1. The van der Waals surface area contributed by atoms with Crippen molar-refractivity contribution in [2.24, 2.45) is 5.92 Å². The van der Waals surface area contributed by atoms with Crippen molar-refractivity contribution < 1.29 is 14.7 Å². The highest BCUT2D eigenvalue weighted by molar-refractivity contribution is 6.35. The fraction of sp³-hybridized carbons (Fsp3) is 0.429. The van der Waals surface area contributed by atoms with Crippen LogP contribution in [0, 0.1) is 5.92 Å². The standard InChI is InChI=1S/C14H15Cl2NO3/c15-10-1-2-12(16)11(8-10)14(20)17-5-3-9(4-6-17)7-13(18)19/h1-2,8-9H,3-7H2,(H,18,19). The highest BCUT2D eigenvalue weighted by Gasteiger charge is 2.26. The van der Waals surface area contributed by atoms with E-state index in [9.17, 15) is 9.59 Å². The van der Waals surface area contributed by atoms with E-state index in [1.54, 1.807) is 23.1 Å². The van der Waals surface area contributed by atoms with E-state index in [-0.39, 0.29) is 18.2 Å². The first-order valence-corrected chi connectivity index (χ1v) is 7.19. The molecule has 0 bridgehead atoms. The highest BCUT2D eigenvalue weighted by atomic mass is 35.5. The average Bonchev–Trinajstić information content (AvgIpc) is 2.41. The number of rotatable bonds is 3. The number of benzene rings is 1. The number of piperidine rings is 1. The molecule has 1 heterocycles. The second kappa shape index (κ2) is 6.46. The average molecular weight is 316 g/mol. The Bertz CT molecular complexity index is 525. The Labute approximate surface area is 127 Å². The minimum atomic E-state index is -0.785. The van der Waals surface area contributed by atoms with Gasteiger partial charge in [0.05, 0.1) is 10.6 Å². The maximum atomic E-state index is 12.4. The fourth-order valence-corrected chi connectivity index (χ4v) is 2.79. The topological polar surface area (TPSA) is 57.6 Å². The van der Waals surface area contributed by atoms with Gasteiger partial charge in [-0.1, -0.05) is 23.2 Å². The summed E-state index contributed by atoms with van der Waals surface area (Å²) in [4.78, 5) is 24.7. The van der Waals surface area contributed by atoms with Gasteiger partial charge in [-0.3, -0.25) is 9.59 Å². The summed E-state index contributed by atoms with van der Waals surface area (Å²) in [6.45, 7) is 1.11. The largest absolute Gasteiger partial charge is 0.481 e. The molecule has 108 valence electrons. The van der Waals surface area contributed by atoms with E-state index in [4.69, 9.17) is 28.3 Å². The molecule has 1 aliphatic heterocycles. The van der Waals surface area contributed by atoms with Crippen LogP contribution in [-0.2, 0) is 4.79 Å². The van der Waals surface area contributed by atoms with Crippen LogP contribution < -0.4 is 0 Å². The van der Waals surface area contributed by atoms with Gasteiger partial charge in [-0.15, -0.1) is 0 Å². The third kappa shape index (κ3) is 3.64. The fourth-order valence-electron chi connectivity index (χ4n) is 2.42. The molecule has 1 saturated heterocycles. The summed E-state index contributed by atoms with van der Waals surface area (Å²) in [6.07, 6.45) is 1.58. The molecule has 6 heteroatoms. The molecule has 0 saturated carbocycles. The molecule has 1 amide bonds. The van der Waals surface area contributed by atoms with E-state index in [1.807, 2.05) is 0 Å². The number of carboxylic acids is 1. The van der Waals surface area contributed by atoms with Crippen molar-refractivity contribution >= 4 is 35.1 Å². The third-order valence-electron chi connectivity index (χ3n) is 3.52. The molecule has 0 aromatic heterocycles. The van der Waals surface area contributed by atoms with E-state index in [2.05, 4.69) is 0 Å². The maximum Gasteiger partial charge on any atom is 0.303 e. The van der Waals surface area contributed by atoms with Crippen molar-refractivity contribution in [3.8, 4) is 0 Å². The number of aliphatic carboxylic acids is 1. The Balaban J connectivity index is 2.01. The van der Waals surface area contributed by atoms with Gasteiger partial charge in [0.25, 0.3) is 5.91 Å². The van der Waals surface area contributed by atoms with Gasteiger partial charge in [0.2, 0.25) is 0 Å². The number of halogens is 2. The Kier molecular flexibility index (Phi) is 4.89. The zero-order chi connectivity index (χ0) is 14.7. The van der Waals surface area contributed by atoms with Gasteiger partial charge in [0, 0.05) is 24.5 Å². The molecule has 0 atom stereocenters. The molecule has 0 radical (unpaired) electrons. The van der Waals surface area contributed by atoms with Crippen molar-refractivity contribution in [2.75, 3.05) is 13.1 Å². The highest BCUT2D eigenvalue weighted by Crippen LogP contribution is 2.25. The van der Waals surface area contributed by atoms with Crippen LogP contribution in [0.4, 0.5) is 0 Å². The summed E-state index contributed by atoms with van der Waals surface area (Å²) in [5.74, 6) is -0.787. The Hall–Kier alpha value is -1.26. The first-order chi connectivity index (χ1) is 9.47. The first kappa shape index (κ1) is 15.1. The van der Waals surface area contributed by atoms with Crippen LogP contribution in [-0.4, -0.2) is 35.0 Å². The van der Waals surface area contributed by atoms with Crippen LogP contribution in [0.15, 0.2) is 18.2 Å². The Morgan fingerprint density at radius 2 is 1.90 bits per heavy atom. The zero-order valence-corrected chi connectivity index (χ0v) is 12.3. The van der Waals surface area contributed by atoms with Gasteiger partial charge < -0.3 is 10.0 Å². The maximum absolute atomic E-state index is 12.4. The number of carbonyl (C=O) groups excluding carboxylic acids is 1. The van der Waals surface area contributed by atoms with Crippen molar-refractivity contribution in [2.45, 2.75) is 19.3 Å². The molecule has 1 aliphatic rings. The molecule has 1 aromatic rings. The SMILES string of the molecule is O=C(O)CC1CCN(C(=O)c2cc(Cl)ccc2Cl)CC1. The first-order valence-electron chi connectivity index (χ1n) is 6.43. The minimum absolute atomic E-state index is 0.145. The van der Waals surface area contributed by atoms with Crippen molar-refractivity contribution in [3.05, 3.63) is 33.8 Å². The lowest BCUT2D eigenvalue weighted by molar-refractivity contribution is -0.138. The molecule has 4 nitrogen and oxygen atoms in total. The minimum Gasteiger partial charge on any atom is -0.481 e. The normalized spacial score (nSPS) is 16.2. The van der Waals surface area contributed by atoms with Crippen LogP contribution in [0.1, 0.15) is 29.6 Å². The lowest BCUT2D eigenvalue weighted by Gasteiger charge is -2.31. The van der Waals surface area contributed by atoms with E-state index < -0.39 is 5.97 Å². The van der Waals surface area contributed by atoms with Gasteiger partial charge >= 0.3 is 5.97 Å². The monoisotopic (exact) mass is 315 g/mol. The smallest absolute Gasteiger partial charge is 0.303 e. The van der Waals surface area contributed by atoms with Crippen LogP contribution in [0.2, 0.25) is 10.0 Å². The summed E-state index contributed by atoms with van der Waals surface area (Å²) < 4.78 is 0. The molecular formula is C14H15Cl2NO3. The second-order valence-corrected chi connectivity index (χ2v) is 5.80. The van der Waals surface area contributed by atoms with Gasteiger partial charge in [-0.25, -0.2) is 0 Å². The van der Waals surface area contributed by atoms with Gasteiger partial charge in [0.15, 0.2) is 0 Å². The van der Waals surface area contributed by atoms with Crippen molar-refractivity contribution in [1.82, 2.24) is 4.90 Å². The number of hydrogen-bond donors (Lipinski definition) is 1. The molecule has 1 aromatic carbocycles. The summed E-state index contributed by atoms with van der Waals surface area (Å²) in [5.41, 5.74) is 0.399. The zero-order valence-electron chi connectivity index (χ0n) is 10.8. The summed E-state index contributed by atoms with van der Waals surface area (Å²) in [6, 6.07) is 4.81. The molecule has 1 fully saturated rings. The Morgan fingerprint density at radius 1 is 1.25 bits per heavy atom. The quantitative estimate of drug-likeness (QED) is 0.930. The van der Waals surface area contributed by atoms with Crippen LogP contribution >= 0.6 is 23.2 Å². The lowest BCUT2D eigenvalue weighted by atomic mass is 9.93. The van der Waals surface area contributed by atoms with Gasteiger partial charge in [-0.05, 0) is 37.0 Å². The predicted octanol–water partition coefficient (Wildman–Crippen LogP) is 3.32. The van der Waals surface area contributed by atoms with E-state index >= 15 is 0 Å². The lowest BCUT2D eigenvalue weighted by Crippen LogP contribution is -2.39. The van der Waals surface area contributed by atoms with Gasteiger partial charge in [-0.2, -0.15) is 0 Å². The third-order valence-corrected chi connectivity index (χ3v) is 4.09. The molecule has 20 heavy (non-hydrogen) atoms. The van der Waals surface area contributed by atoms with Crippen molar-refractivity contribution in [3.63, 3.8) is 0 Å². The van der Waals surface area contributed by atoms with E-state index in [0.29, 0.717) is 41.5 Å². The second-order valence-electron chi connectivity index (χ2n) is 4.96. The Morgan fingerprint density at radius 3 is 2.50 bits per heavy atom.